The fourth-order valence-electron chi connectivity index (χ4n) is 3.52. The third-order valence-electron chi connectivity index (χ3n) is 5.23. The topological polar surface area (TPSA) is 62.2 Å². The van der Waals surface area contributed by atoms with Crippen LogP contribution < -0.4 is 10.2 Å². The summed E-state index contributed by atoms with van der Waals surface area (Å²) in [6.45, 7) is 13.4. The predicted molar refractivity (Wildman–Crippen MR) is 135 cm³/mol. The van der Waals surface area contributed by atoms with Crippen molar-refractivity contribution in [2.45, 2.75) is 52.7 Å². The molecule has 0 aliphatic carbocycles. The molecule has 0 spiro atoms. The number of halogens is 1. The fraction of sp³-hybridized carbons (Fsp3) is 0.727. The summed E-state index contributed by atoms with van der Waals surface area (Å²) in [5.41, 5.74) is 1.13. The predicted octanol–water partition coefficient (Wildman–Crippen LogP) is 3.53. The van der Waals surface area contributed by atoms with E-state index in [9.17, 15) is 0 Å². The van der Waals surface area contributed by atoms with Gasteiger partial charge >= 0.3 is 0 Å². The maximum absolute atomic E-state index is 5.97. The smallest absolute Gasteiger partial charge is 0.194 e. The molecule has 0 bridgehead atoms. The van der Waals surface area contributed by atoms with Crippen LogP contribution in [0.15, 0.2) is 23.3 Å². The molecule has 1 aliphatic heterocycles. The van der Waals surface area contributed by atoms with Crippen LogP contribution in [-0.4, -0.2) is 75.0 Å². The van der Waals surface area contributed by atoms with E-state index in [0.717, 1.165) is 82.5 Å². The van der Waals surface area contributed by atoms with Crippen molar-refractivity contribution in [2.24, 2.45) is 4.99 Å². The van der Waals surface area contributed by atoms with Gasteiger partial charge in [0.05, 0.1) is 12.6 Å². The molecule has 2 heterocycles. The van der Waals surface area contributed by atoms with Gasteiger partial charge in [-0.2, -0.15) is 0 Å². The minimum absolute atomic E-state index is 0. The molecular weight excluding hydrogens is 493 g/mol. The van der Waals surface area contributed by atoms with E-state index in [-0.39, 0.29) is 24.0 Å². The lowest BCUT2D eigenvalue weighted by Crippen LogP contribution is -2.47. The quantitative estimate of drug-likeness (QED) is 0.203. The molecule has 1 fully saturated rings. The number of pyridine rings is 1. The number of ether oxygens (including phenoxy) is 2. The normalized spacial score (nSPS) is 15.1. The summed E-state index contributed by atoms with van der Waals surface area (Å²) in [5, 5.41) is 3.44. The lowest BCUT2D eigenvalue weighted by Gasteiger charge is -2.34. The molecule has 2 rings (SSSR count). The molecule has 0 amide bonds. The van der Waals surface area contributed by atoms with E-state index in [1.54, 1.807) is 7.11 Å². The van der Waals surface area contributed by atoms with E-state index in [2.05, 4.69) is 53.0 Å². The minimum atomic E-state index is 0. The molecule has 172 valence electrons. The second kappa shape index (κ2) is 15.6. The number of rotatable bonds is 11. The van der Waals surface area contributed by atoms with Gasteiger partial charge < -0.3 is 24.6 Å². The number of nitrogens with zero attached hydrogens (tertiary/aromatic N) is 4. The van der Waals surface area contributed by atoms with Gasteiger partial charge in [0, 0.05) is 59.2 Å². The van der Waals surface area contributed by atoms with Crippen molar-refractivity contribution < 1.29 is 9.47 Å². The molecule has 1 aromatic heterocycles. The molecule has 1 saturated heterocycles. The number of nitrogens with one attached hydrogen (secondary N) is 1. The van der Waals surface area contributed by atoms with Crippen LogP contribution >= 0.6 is 24.0 Å². The Morgan fingerprint density at radius 2 is 1.93 bits per heavy atom. The van der Waals surface area contributed by atoms with Crippen LogP contribution in [0.3, 0.4) is 0 Å². The summed E-state index contributed by atoms with van der Waals surface area (Å²) >= 11 is 0. The van der Waals surface area contributed by atoms with Crippen LogP contribution in [-0.2, 0) is 16.0 Å². The van der Waals surface area contributed by atoms with Gasteiger partial charge in [-0.15, -0.1) is 24.0 Å². The van der Waals surface area contributed by atoms with E-state index < -0.39 is 0 Å². The van der Waals surface area contributed by atoms with Gasteiger partial charge in [0.25, 0.3) is 0 Å². The molecule has 8 heteroatoms. The van der Waals surface area contributed by atoms with Gasteiger partial charge in [0.15, 0.2) is 5.96 Å². The Kier molecular flexibility index (Phi) is 14.0. The number of piperidine rings is 1. The number of aliphatic imine (C=N–C) groups is 1. The first-order valence-corrected chi connectivity index (χ1v) is 11.0. The molecule has 0 atom stereocenters. The summed E-state index contributed by atoms with van der Waals surface area (Å²) in [6.07, 6.45) is 5.33. The largest absolute Gasteiger partial charge is 0.385 e. The molecule has 0 radical (unpaired) electrons. The molecule has 1 aromatic rings. The zero-order valence-corrected chi connectivity index (χ0v) is 21.4. The summed E-state index contributed by atoms with van der Waals surface area (Å²) in [4.78, 5) is 14.1. The minimum Gasteiger partial charge on any atom is -0.385 e. The number of guanidine groups is 1. The third kappa shape index (κ3) is 8.93. The number of hydrogen-bond acceptors (Lipinski definition) is 5. The van der Waals surface area contributed by atoms with Gasteiger partial charge in [-0.25, -0.2) is 9.98 Å². The molecule has 0 saturated carbocycles. The maximum Gasteiger partial charge on any atom is 0.194 e. The first-order chi connectivity index (χ1) is 14.2. The Bertz CT molecular complexity index is 588. The zero-order valence-electron chi connectivity index (χ0n) is 19.1. The molecule has 0 aromatic carbocycles. The molecule has 1 N–H and O–H groups in total. The second-order valence-corrected chi connectivity index (χ2v) is 7.27. The summed E-state index contributed by atoms with van der Waals surface area (Å²) in [7, 11) is 1.73. The molecule has 1 aliphatic rings. The van der Waals surface area contributed by atoms with Crippen molar-refractivity contribution in [3.63, 3.8) is 0 Å². The average molecular weight is 533 g/mol. The van der Waals surface area contributed by atoms with Crippen LogP contribution in [0.25, 0.3) is 0 Å². The monoisotopic (exact) mass is 533 g/mol. The van der Waals surface area contributed by atoms with Gasteiger partial charge in [0.1, 0.15) is 5.82 Å². The average Bonchev–Trinajstić information content (AvgIpc) is 2.76. The highest BCUT2D eigenvalue weighted by Gasteiger charge is 2.21. The lowest BCUT2D eigenvalue weighted by molar-refractivity contribution is 0.00990. The fourth-order valence-corrected chi connectivity index (χ4v) is 3.52. The Morgan fingerprint density at radius 3 is 2.50 bits per heavy atom. The van der Waals surface area contributed by atoms with E-state index >= 15 is 0 Å². The van der Waals surface area contributed by atoms with Gasteiger partial charge in [-0.05, 0) is 51.7 Å². The highest BCUT2D eigenvalue weighted by Crippen LogP contribution is 2.15. The Labute approximate surface area is 199 Å². The van der Waals surface area contributed by atoms with Crippen molar-refractivity contribution in [1.82, 2.24) is 15.2 Å². The highest BCUT2D eigenvalue weighted by atomic mass is 127. The summed E-state index contributed by atoms with van der Waals surface area (Å²) < 4.78 is 11.1. The van der Waals surface area contributed by atoms with Crippen LogP contribution in [0.4, 0.5) is 5.82 Å². The van der Waals surface area contributed by atoms with Crippen molar-refractivity contribution in [3.8, 4) is 0 Å². The highest BCUT2D eigenvalue weighted by molar-refractivity contribution is 14.0. The van der Waals surface area contributed by atoms with E-state index in [0.29, 0.717) is 12.6 Å². The number of aromatic nitrogens is 1. The summed E-state index contributed by atoms with van der Waals surface area (Å²) in [6, 6.07) is 4.23. The van der Waals surface area contributed by atoms with Crippen molar-refractivity contribution in [3.05, 3.63) is 23.9 Å². The van der Waals surface area contributed by atoms with Crippen LogP contribution in [0.2, 0.25) is 0 Å². The first-order valence-electron chi connectivity index (χ1n) is 11.0. The van der Waals surface area contributed by atoms with E-state index in [4.69, 9.17) is 14.5 Å². The van der Waals surface area contributed by atoms with Crippen molar-refractivity contribution in [2.75, 3.05) is 57.9 Å². The van der Waals surface area contributed by atoms with Gasteiger partial charge in [-0.1, -0.05) is 6.07 Å². The Balaban J connectivity index is 0.00000450. The van der Waals surface area contributed by atoms with Crippen LogP contribution in [0.1, 0.15) is 45.6 Å². The number of anilines is 1. The SMILES string of the molecule is CCNC(=NCc1ccc(N(CC)CC)nc1)N1CCC(OCCCOC)CC1.I. The summed E-state index contributed by atoms with van der Waals surface area (Å²) in [5.74, 6) is 2.01. The number of likely N-dealkylation sites (tertiary alicyclic amines) is 1. The van der Waals surface area contributed by atoms with Crippen LogP contribution in [0.5, 0.6) is 0 Å². The zero-order chi connectivity index (χ0) is 20.9. The number of hydrogen-bond donors (Lipinski definition) is 1. The number of methoxy groups -OCH3 is 1. The third-order valence-corrected chi connectivity index (χ3v) is 5.23. The van der Waals surface area contributed by atoms with Crippen molar-refractivity contribution >= 4 is 35.8 Å². The van der Waals surface area contributed by atoms with Crippen molar-refractivity contribution in [1.29, 1.82) is 0 Å². The molecular formula is C22H40IN5O2. The van der Waals surface area contributed by atoms with Crippen LogP contribution in [0, 0.1) is 0 Å². The molecule has 7 nitrogen and oxygen atoms in total. The standard InChI is InChI=1S/C22H39N5O2.HI/c1-5-23-22(27-13-11-20(12-14-27)29-16-8-15-28-4)25-18-19-9-10-21(24-17-19)26(6-2)7-3;/h9-10,17,20H,5-8,11-16,18H2,1-4H3,(H,23,25);1H. The lowest BCUT2D eigenvalue weighted by atomic mass is 10.1. The van der Waals surface area contributed by atoms with Gasteiger partial charge in [-0.3, -0.25) is 0 Å². The second-order valence-electron chi connectivity index (χ2n) is 7.27. The molecule has 0 unspecified atom stereocenters. The van der Waals surface area contributed by atoms with E-state index in [1.165, 1.54) is 0 Å². The van der Waals surface area contributed by atoms with Gasteiger partial charge in [0.2, 0.25) is 0 Å². The Hall–Kier alpha value is -1.13. The Morgan fingerprint density at radius 1 is 1.20 bits per heavy atom. The maximum atomic E-state index is 5.97. The first kappa shape index (κ1) is 26.9. The van der Waals surface area contributed by atoms with E-state index in [1.807, 2.05) is 6.20 Å². The molecule has 30 heavy (non-hydrogen) atoms.